The third kappa shape index (κ3) is 3.22. The van der Waals surface area contributed by atoms with Crippen LogP contribution in [0.15, 0.2) is 17.5 Å². The normalized spacial score (nSPS) is 24.9. The average molecular weight is 293 g/mol. The number of carbonyl (C=O) groups is 1. The Bertz CT molecular complexity index is 422. The second-order valence-corrected chi connectivity index (χ2v) is 6.69. The van der Waals surface area contributed by atoms with Crippen molar-refractivity contribution in [2.45, 2.75) is 25.3 Å². The van der Waals surface area contributed by atoms with E-state index in [1.165, 1.54) is 17.7 Å². The average Bonchev–Trinajstić information content (AvgIpc) is 3.22. The van der Waals surface area contributed by atoms with Crippen molar-refractivity contribution in [2.24, 2.45) is 5.92 Å². The van der Waals surface area contributed by atoms with Gasteiger partial charge in [-0.25, -0.2) is 0 Å². The quantitative estimate of drug-likeness (QED) is 0.867. The molecule has 2 saturated heterocycles. The molecule has 2 N–H and O–H groups in total. The van der Waals surface area contributed by atoms with Crippen molar-refractivity contribution < 1.29 is 4.79 Å². The molecule has 5 heteroatoms. The molecule has 0 aromatic carbocycles. The van der Waals surface area contributed by atoms with Gasteiger partial charge in [0.25, 0.3) is 0 Å². The molecule has 2 unspecified atom stereocenters. The van der Waals surface area contributed by atoms with Crippen molar-refractivity contribution >= 4 is 17.2 Å². The van der Waals surface area contributed by atoms with Crippen LogP contribution in [-0.2, 0) is 4.79 Å². The number of nitrogens with one attached hydrogen (secondary N) is 2. The van der Waals surface area contributed by atoms with Gasteiger partial charge in [0.1, 0.15) is 0 Å². The van der Waals surface area contributed by atoms with Gasteiger partial charge < -0.3 is 10.6 Å². The molecule has 0 radical (unpaired) electrons. The van der Waals surface area contributed by atoms with Gasteiger partial charge in [0.2, 0.25) is 5.91 Å². The molecular formula is C15H23N3OS. The lowest BCUT2D eigenvalue weighted by Gasteiger charge is -2.27. The van der Waals surface area contributed by atoms with Gasteiger partial charge in [-0.05, 0) is 50.3 Å². The van der Waals surface area contributed by atoms with Gasteiger partial charge in [-0.3, -0.25) is 9.69 Å². The van der Waals surface area contributed by atoms with E-state index in [4.69, 9.17) is 0 Å². The molecule has 2 fully saturated rings. The largest absolute Gasteiger partial charge is 0.354 e. The number of hydrogen-bond donors (Lipinski definition) is 2. The zero-order valence-corrected chi connectivity index (χ0v) is 12.6. The van der Waals surface area contributed by atoms with Gasteiger partial charge in [0.05, 0.1) is 12.0 Å². The third-order valence-electron chi connectivity index (χ3n) is 4.35. The molecule has 3 rings (SSSR count). The Morgan fingerprint density at radius 2 is 2.35 bits per heavy atom. The van der Waals surface area contributed by atoms with E-state index >= 15 is 0 Å². The van der Waals surface area contributed by atoms with Crippen molar-refractivity contribution in [1.29, 1.82) is 0 Å². The molecule has 2 atom stereocenters. The number of amides is 1. The molecular weight excluding hydrogens is 270 g/mol. The van der Waals surface area contributed by atoms with Gasteiger partial charge in [0, 0.05) is 18.0 Å². The molecule has 1 aromatic rings. The zero-order chi connectivity index (χ0) is 13.8. The standard InChI is InChI=1S/C15H23N3OS/c19-15(12-5-6-16-10-12)17-11-13(14-4-3-9-20-14)18-7-1-2-8-18/h3-4,9,12-13,16H,1-2,5-8,10-11H2,(H,17,19). The Balaban J connectivity index is 1.59. The second-order valence-electron chi connectivity index (χ2n) is 5.71. The summed E-state index contributed by atoms with van der Waals surface area (Å²) < 4.78 is 0. The van der Waals surface area contributed by atoms with Crippen molar-refractivity contribution in [3.8, 4) is 0 Å². The zero-order valence-electron chi connectivity index (χ0n) is 11.8. The summed E-state index contributed by atoms with van der Waals surface area (Å²) in [6, 6.07) is 4.65. The fourth-order valence-corrected chi connectivity index (χ4v) is 4.02. The fourth-order valence-electron chi connectivity index (χ4n) is 3.16. The molecule has 1 aromatic heterocycles. The fraction of sp³-hybridized carbons (Fsp3) is 0.667. The van der Waals surface area contributed by atoms with Crippen LogP contribution in [0.3, 0.4) is 0 Å². The first-order valence-electron chi connectivity index (χ1n) is 7.60. The van der Waals surface area contributed by atoms with E-state index in [2.05, 4.69) is 33.0 Å². The monoisotopic (exact) mass is 293 g/mol. The van der Waals surface area contributed by atoms with Gasteiger partial charge in [-0.1, -0.05) is 6.07 Å². The Morgan fingerprint density at radius 3 is 3.00 bits per heavy atom. The van der Waals surface area contributed by atoms with Gasteiger partial charge in [-0.15, -0.1) is 11.3 Å². The van der Waals surface area contributed by atoms with E-state index in [0.29, 0.717) is 6.04 Å². The Morgan fingerprint density at radius 1 is 1.50 bits per heavy atom. The lowest BCUT2D eigenvalue weighted by atomic mass is 10.1. The minimum Gasteiger partial charge on any atom is -0.354 e. The molecule has 1 amide bonds. The van der Waals surface area contributed by atoms with Crippen LogP contribution in [-0.4, -0.2) is 43.5 Å². The summed E-state index contributed by atoms with van der Waals surface area (Å²) in [6.45, 7) is 4.86. The number of thiophene rings is 1. The summed E-state index contributed by atoms with van der Waals surface area (Å²) in [6.07, 6.45) is 3.53. The Kier molecular flexibility index (Phi) is 4.70. The predicted octanol–water partition coefficient (Wildman–Crippen LogP) is 1.61. The van der Waals surface area contributed by atoms with Crippen LogP contribution in [0.1, 0.15) is 30.2 Å². The molecule has 3 heterocycles. The minimum atomic E-state index is 0.164. The van der Waals surface area contributed by atoms with Crippen LogP contribution in [0.4, 0.5) is 0 Å². The van der Waals surface area contributed by atoms with Crippen LogP contribution < -0.4 is 10.6 Å². The topological polar surface area (TPSA) is 44.4 Å². The lowest BCUT2D eigenvalue weighted by molar-refractivity contribution is -0.124. The SMILES string of the molecule is O=C(NCC(c1cccs1)N1CCCC1)C1CCNC1. The summed E-state index contributed by atoms with van der Waals surface area (Å²) in [5.74, 6) is 0.383. The molecule has 0 bridgehead atoms. The Hall–Kier alpha value is -0.910. The third-order valence-corrected chi connectivity index (χ3v) is 5.33. The Labute approximate surface area is 124 Å². The summed E-state index contributed by atoms with van der Waals surface area (Å²) in [5, 5.41) is 8.56. The van der Waals surface area contributed by atoms with Crippen molar-refractivity contribution in [1.82, 2.24) is 15.5 Å². The summed E-state index contributed by atoms with van der Waals surface area (Å²) >= 11 is 1.80. The smallest absolute Gasteiger partial charge is 0.224 e. The van der Waals surface area contributed by atoms with E-state index in [0.717, 1.165) is 39.1 Å². The maximum absolute atomic E-state index is 12.2. The van der Waals surface area contributed by atoms with Crippen LogP contribution in [0.2, 0.25) is 0 Å². The van der Waals surface area contributed by atoms with E-state index in [-0.39, 0.29) is 11.8 Å². The maximum Gasteiger partial charge on any atom is 0.224 e. The van der Waals surface area contributed by atoms with Crippen LogP contribution in [0.25, 0.3) is 0 Å². The van der Waals surface area contributed by atoms with Crippen molar-refractivity contribution in [3.05, 3.63) is 22.4 Å². The lowest BCUT2D eigenvalue weighted by Crippen LogP contribution is -2.39. The van der Waals surface area contributed by atoms with E-state index in [1.54, 1.807) is 11.3 Å². The number of carbonyl (C=O) groups excluding carboxylic acids is 1. The molecule has 110 valence electrons. The highest BCUT2D eigenvalue weighted by atomic mass is 32.1. The molecule has 2 aliphatic rings. The summed E-state index contributed by atoms with van der Waals surface area (Å²) in [5.41, 5.74) is 0. The number of nitrogens with zero attached hydrogens (tertiary/aromatic N) is 1. The number of rotatable bonds is 5. The second kappa shape index (κ2) is 6.70. The highest BCUT2D eigenvalue weighted by molar-refractivity contribution is 7.10. The molecule has 0 aliphatic carbocycles. The van der Waals surface area contributed by atoms with Gasteiger partial charge in [-0.2, -0.15) is 0 Å². The van der Waals surface area contributed by atoms with Crippen molar-refractivity contribution in [2.75, 3.05) is 32.7 Å². The first kappa shape index (κ1) is 14.0. The number of hydrogen-bond acceptors (Lipinski definition) is 4. The first-order valence-corrected chi connectivity index (χ1v) is 8.48. The predicted molar refractivity (Wildman–Crippen MR) is 81.9 cm³/mol. The van der Waals surface area contributed by atoms with Crippen LogP contribution in [0.5, 0.6) is 0 Å². The van der Waals surface area contributed by atoms with Crippen LogP contribution >= 0.6 is 11.3 Å². The highest BCUT2D eigenvalue weighted by Gasteiger charge is 2.27. The first-order chi connectivity index (χ1) is 9.84. The van der Waals surface area contributed by atoms with E-state index < -0.39 is 0 Å². The maximum atomic E-state index is 12.2. The molecule has 0 saturated carbocycles. The van der Waals surface area contributed by atoms with Crippen molar-refractivity contribution in [3.63, 3.8) is 0 Å². The highest BCUT2D eigenvalue weighted by Crippen LogP contribution is 2.27. The summed E-state index contributed by atoms with van der Waals surface area (Å²) in [4.78, 5) is 16.1. The number of likely N-dealkylation sites (tertiary alicyclic amines) is 1. The molecule has 2 aliphatic heterocycles. The molecule has 20 heavy (non-hydrogen) atoms. The summed E-state index contributed by atoms with van der Waals surface area (Å²) in [7, 11) is 0. The van der Waals surface area contributed by atoms with E-state index in [1.807, 2.05) is 0 Å². The minimum absolute atomic E-state index is 0.164. The van der Waals surface area contributed by atoms with Crippen LogP contribution in [0, 0.1) is 5.92 Å². The van der Waals surface area contributed by atoms with Gasteiger partial charge in [0.15, 0.2) is 0 Å². The molecule has 0 spiro atoms. The van der Waals surface area contributed by atoms with E-state index in [9.17, 15) is 4.79 Å². The molecule has 4 nitrogen and oxygen atoms in total. The van der Waals surface area contributed by atoms with Gasteiger partial charge >= 0.3 is 0 Å².